The number of benzene rings is 2. The van der Waals surface area contributed by atoms with Gasteiger partial charge in [-0.15, -0.1) is 5.10 Å². The third-order valence-electron chi connectivity index (χ3n) is 5.60. The van der Waals surface area contributed by atoms with Crippen LogP contribution in [0.2, 0.25) is 0 Å². The summed E-state index contributed by atoms with van der Waals surface area (Å²) in [7, 11) is 1.63. The van der Waals surface area contributed by atoms with Crippen LogP contribution in [-0.4, -0.2) is 46.6 Å². The number of carbonyl (C=O) groups excluding carboxylic acids is 1. The van der Waals surface area contributed by atoms with Gasteiger partial charge >= 0.3 is 0 Å². The number of rotatable bonds is 7. The monoisotopic (exact) mass is 434 g/mol. The Hall–Kier alpha value is -3.70. The van der Waals surface area contributed by atoms with Gasteiger partial charge < -0.3 is 15.4 Å². The van der Waals surface area contributed by atoms with Crippen molar-refractivity contribution >= 4 is 5.91 Å². The van der Waals surface area contributed by atoms with Crippen LogP contribution in [0.5, 0.6) is 5.75 Å². The third-order valence-corrected chi connectivity index (χ3v) is 5.60. The number of nitrogens with one attached hydrogen (secondary N) is 2. The molecule has 0 radical (unpaired) electrons. The molecule has 1 aliphatic rings. The Labute approximate surface area is 190 Å². The maximum atomic E-state index is 12.4. The van der Waals surface area contributed by atoms with E-state index in [2.05, 4.69) is 27.0 Å². The molecule has 2 atom stereocenters. The molecule has 1 aromatic heterocycles. The minimum atomic E-state index is -0.567. The summed E-state index contributed by atoms with van der Waals surface area (Å²) >= 11 is 0. The van der Waals surface area contributed by atoms with Crippen molar-refractivity contribution in [1.82, 2.24) is 25.6 Å². The second-order valence-electron chi connectivity index (χ2n) is 7.84. The maximum absolute atomic E-state index is 12.4. The van der Waals surface area contributed by atoms with E-state index >= 15 is 0 Å². The molecule has 1 fully saturated rings. The number of hydrogen-bond acceptors (Lipinski definition) is 6. The van der Waals surface area contributed by atoms with Crippen molar-refractivity contribution in [1.29, 1.82) is 5.26 Å². The van der Waals surface area contributed by atoms with Gasteiger partial charge in [0, 0.05) is 14.8 Å². The van der Waals surface area contributed by atoms with Gasteiger partial charge in [0.05, 0.1) is 31.1 Å². The number of piperidine rings is 1. The first-order valence-electron chi connectivity index (χ1n) is 10.8. The van der Waals surface area contributed by atoms with Crippen molar-refractivity contribution < 1.29 is 12.4 Å². The van der Waals surface area contributed by atoms with Crippen LogP contribution in [0.1, 0.15) is 27.7 Å². The lowest BCUT2D eigenvalue weighted by Crippen LogP contribution is -2.49. The average Bonchev–Trinajstić information content (AvgIpc) is 3.35. The summed E-state index contributed by atoms with van der Waals surface area (Å²) in [6.07, 6.45) is 5.24. The van der Waals surface area contributed by atoms with E-state index in [0.717, 1.165) is 54.1 Å². The van der Waals surface area contributed by atoms with Gasteiger partial charge in [-0.2, -0.15) is 5.26 Å². The van der Waals surface area contributed by atoms with Gasteiger partial charge in [0.25, 0.3) is 0 Å². The molecule has 1 aliphatic heterocycles. The van der Waals surface area contributed by atoms with E-state index in [0.29, 0.717) is 6.42 Å². The Balaban J connectivity index is 0.00000204. The molecule has 0 spiro atoms. The first-order chi connectivity index (χ1) is 15.7. The summed E-state index contributed by atoms with van der Waals surface area (Å²) in [5, 5.41) is 24.1. The van der Waals surface area contributed by atoms with Gasteiger partial charge in [-0.3, -0.25) is 4.79 Å². The molecular weight excluding hydrogens is 404 g/mol. The topological polar surface area (TPSA) is 105 Å². The van der Waals surface area contributed by atoms with Gasteiger partial charge in [0.1, 0.15) is 17.5 Å². The molecule has 1 saturated heterocycles. The molecule has 8 nitrogen and oxygen atoms in total. The molecule has 0 aliphatic carbocycles. The molecule has 3 aromatic rings. The molecule has 0 saturated carbocycles. The number of ether oxygens (including phenoxy) is 1. The summed E-state index contributed by atoms with van der Waals surface area (Å²) in [5.74, 6) is 0.667. The van der Waals surface area contributed by atoms with Gasteiger partial charge in [-0.1, -0.05) is 35.9 Å². The van der Waals surface area contributed by atoms with Crippen LogP contribution in [0.3, 0.4) is 0 Å². The van der Waals surface area contributed by atoms with E-state index in [-0.39, 0.29) is 14.8 Å². The van der Waals surface area contributed by atoms with Gasteiger partial charge in [-0.05, 0) is 49.2 Å². The molecule has 168 valence electrons. The van der Waals surface area contributed by atoms with Gasteiger partial charge in [0.15, 0.2) is 0 Å². The van der Waals surface area contributed by atoms with Crippen molar-refractivity contribution in [2.45, 2.75) is 37.8 Å². The van der Waals surface area contributed by atoms with E-state index in [9.17, 15) is 10.1 Å². The van der Waals surface area contributed by atoms with Crippen molar-refractivity contribution in [2.75, 3.05) is 13.7 Å². The molecule has 0 bridgehead atoms. The van der Waals surface area contributed by atoms with Crippen molar-refractivity contribution in [3.05, 3.63) is 60.3 Å². The number of nitriles is 1. The Morgan fingerprint density at radius 3 is 2.91 bits per heavy atom. The third kappa shape index (κ3) is 5.13. The van der Waals surface area contributed by atoms with Crippen LogP contribution in [0.25, 0.3) is 16.9 Å². The van der Waals surface area contributed by atoms with Crippen molar-refractivity contribution in [2.24, 2.45) is 0 Å². The number of methoxy groups -OCH3 is 1. The highest BCUT2D eigenvalue weighted by Gasteiger charge is 2.23. The highest BCUT2D eigenvalue weighted by atomic mass is 16.5. The fourth-order valence-electron chi connectivity index (χ4n) is 3.80. The van der Waals surface area contributed by atoms with Crippen LogP contribution < -0.4 is 15.4 Å². The predicted molar refractivity (Wildman–Crippen MR) is 124 cm³/mol. The fourth-order valence-corrected chi connectivity index (χ4v) is 3.80. The maximum Gasteiger partial charge on any atom is 0.238 e. The number of nitrogens with zero attached hydrogens (tertiary/aromatic N) is 4. The zero-order chi connectivity index (χ0) is 22.3. The van der Waals surface area contributed by atoms with Crippen molar-refractivity contribution in [3.63, 3.8) is 0 Å². The number of carbonyl (C=O) groups is 1. The normalized spacial score (nSPS) is 16.7. The highest BCUT2D eigenvalue weighted by molar-refractivity contribution is 5.82. The van der Waals surface area contributed by atoms with Crippen LogP contribution >= 0.6 is 0 Å². The Bertz CT molecular complexity index is 1110. The first kappa shape index (κ1) is 21.5. The summed E-state index contributed by atoms with van der Waals surface area (Å²) in [6, 6.07) is 16.8. The molecule has 2 N–H and O–H groups in total. The average molecular weight is 435 g/mol. The molecule has 0 unspecified atom stereocenters. The minimum Gasteiger partial charge on any atom is -0.497 e. The first-order valence-corrected chi connectivity index (χ1v) is 10.8. The molecule has 8 heteroatoms. The SMILES string of the molecule is COc1cccc(-c2cn(-c3ccc(C[C@@H](C#N)NC(=O)[C@@H]4CCCCN4)cc3)nn2)c1.[HH].[HH]. The minimum absolute atomic E-state index is 0. The zero-order valence-corrected chi connectivity index (χ0v) is 18.0. The fraction of sp³-hybridized carbons (Fsp3) is 0.333. The lowest BCUT2D eigenvalue weighted by Gasteiger charge is -2.23. The number of aromatic nitrogens is 3. The Kier molecular flexibility index (Phi) is 6.78. The van der Waals surface area contributed by atoms with E-state index in [4.69, 9.17) is 4.74 Å². The second-order valence-corrected chi connectivity index (χ2v) is 7.84. The summed E-state index contributed by atoms with van der Waals surface area (Å²) in [4.78, 5) is 12.4. The predicted octanol–water partition coefficient (Wildman–Crippen LogP) is 3.13. The van der Waals surface area contributed by atoms with Crippen molar-refractivity contribution in [3.8, 4) is 28.8 Å². The molecule has 2 aromatic carbocycles. The van der Waals surface area contributed by atoms with Gasteiger partial charge in [0.2, 0.25) is 5.91 Å². The van der Waals surface area contributed by atoms with Crippen LogP contribution in [0.15, 0.2) is 54.7 Å². The second kappa shape index (κ2) is 10.1. The summed E-state index contributed by atoms with van der Waals surface area (Å²) in [6.45, 7) is 0.846. The number of hydrogen-bond donors (Lipinski definition) is 2. The quantitative estimate of drug-likeness (QED) is 0.592. The standard InChI is InChI=1S/C24H26N6O2.2H2/c1-32-21-6-4-5-18(14-21)23-16-30(29-28-23)20-10-8-17(9-11-20)13-19(15-25)27-24(31)22-7-2-3-12-26-22;;/h4-6,8-11,14,16,19,22,26H,2-3,7,12-13H2,1H3,(H,27,31);2*1H/t19-,22-;;/m0../s1. The van der Waals surface area contributed by atoms with E-state index in [1.807, 2.05) is 54.7 Å². The van der Waals surface area contributed by atoms with E-state index in [1.54, 1.807) is 11.8 Å². The lowest BCUT2D eigenvalue weighted by atomic mass is 10.0. The zero-order valence-electron chi connectivity index (χ0n) is 18.0. The van der Waals surface area contributed by atoms with E-state index < -0.39 is 6.04 Å². The molecule has 4 rings (SSSR count). The highest BCUT2D eigenvalue weighted by Crippen LogP contribution is 2.22. The molecule has 2 heterocycles. The number of amides is 1. The van der Waals surface area contributed by atoms with Gasteiger partial charge in [-0.25, -0.2) is 4.68 Å². The smallest absolute Gasteiger partial charge is 0.238 e. The largest absolute Gasteiger partial charge is 0.497 e. The van der Waals surface area contributed by atoms with Crippen LogP contribution in [0, 0.1) is 11.3 Å². The van der Waals surface area contributed by atoms with Crippen LogP contribution in [0.4, 0.5) is 0 Å². The molecule has 32 heavy (non-hydrogen) atoms. The molecule has 1 amide bonds. The summed E-state index contributed by atoms with van der Waals surface area (Å²) < 4.78 is 6.98. The Morgan fingerprint density at radius 2 is 2.19 bits per heavy atom. The van der Waals surface area contributed by atoms with E-state index in [1.165, 1.54) is 0 Å². The molecular formula is C24H30N6O2. The lowest BCUT2D eigenvalue weighted by molar-refractivity contribution is -0.124. The summed E-state index contributed by atoms with van der Waals surface area (Å²) in [5.41, 5.74) is 3.49. The van der Waals surface area contributed by atoms with Crippen LogP contribution in [-0.2, 0) is 11.2 Å². The Morgan fingerprint density at radius 1 is 1.34 bits per heavy atom.